The SMILES string of the molecule is Bc1cncc(Br)c1OC. The minimum atomic E-state index is 0.856. The highest BCUT2D eigenvalue weighted by atomic mass is 79.9. The lowest BCUT2D eigenvalue weighted by Gasteiger charge is -2.04. The van der Waals surface area contributed by atoms with E-state index in [-0.39, 0.29) is 0 Å². The second kappa shape index (κ2) is 3.06. The summed E-state index contributed by atoms with van der Waals surface area (Å²) >= 11 is 3.32. The molecular formula is C6H7BBrNO. The van der Waals surface area contributed by atoms with Gasteiger partial charge < -0.3 is 4.74 Å². The van der Waals surface area contributed by atoms with Crippen molar-refractivity contribution in [2.75, 3.05) is 7.11 Å². The molecule has 0 bridgehead atoms. The van der Waals surface area contributed by atoms with Crippen LogP contribution in [0.5, 0.6) is 5.75 Å². The lowest BCUT2D eigenvalue weighted by molar-refractivity contribution is 0.415. The van der Waals surface area contributed by atoms with Crippen molar-refractivity contribution in [2.24, 2.45) is 0 Å². The number of hydrogen-bond acceptors (Lipinski definition) is 2. The van der Waals surface area contributed by atoms with Crippen LogP contribution in [0.1, 0.15) is 0 Å². The van der Waals surface area contributed by atoms with Crippen LogP contribution < -0.4 is 10.2 Å². The molecule has 52 valence electrons. The van der Waals surface area contributed by atoms with E-state index in [1.807, 2.05) is 7.85 Å². The zero-order chi connectivity index (χ0) is 7.56. The van der Waals surface area contributed by atoms with Gasteiger partial charge in [0.1, 0.15) is 13.6 Å². The first-order valence-electron chi connectivity index (χ1n) is 2.90. The van der Waals surface area contributed by atoms with Crippen molar-refractivity contribution in [3.63, 3.8) is 0 Å². The minimum absolute atomic E-state index is 0.856. The lowest BCUT2D eigenvalue weighted by Crippen LogP contribution is -2.08. The monoisotopic (exact) mass is 199 g/mol. The molecule has 2 nitrogen and oxygen atoms in total. The average Bonchev–Trinajstić information content (AvgIpc) is 1.88. The third-order valence-electron chi connectivity index (χ3n) is 1.24. The van der Waals surface area contributed by atoms with Gasteiger partial charge in [-0.15, -0.1) is 0 Å². The molecule has 0 aliphatic heterocycles. The van der Waals surface area contributed by atoms with Gasteiger partial charge in [0.25, 0.3) is 0 Å². The van der Waals surface area contributed by atoms with Gasteiger partial charge in [0.2, 0.25) is 0 Å². The predicted molar refractivity (Wildman–Crippen MR) is 46.7 cm³/mol. The van der Waals surface area contributed by atoms with E-state index in [1.54, 1.807) is 19.5 Å². The Kier molecular flexibility index (Phi) is 2.32. The van der Waals surface area contributed by atoms with Crippen LogP contribution in [-0.2, 0) is 0 Å². The van der Waals surface area contributed by atoms with E-state index in [0.29, 0.717) is 0 Å². The molecule has 0 atom stereocenters. The maximum absolute atomic E-state index is 5.09. The summed E-state index contributed by atoms with van der Waals surface area (Å²) in [4.78, 5) is 3.97. The first-order chi connectivity index (χ1) is 4.75. The fourth-order valence-corrected chi connectivity index (χ4v) is 1.37. The maximum Gasteiger partial charge on any atom is 0.146 e. The molecule has 0 saturated heterocycles. The van der Waals surface area contributed by atoms with Gasteiger partial charge in [-0.25, -0.2) is 0 Å². The van der Waals surface area contributed by atoms with Gasteiger partial charge in [0, 0.05) is 12.4 Å². The molecular weight excluding hydrogens is 193 g/mol. The van der Waals surface area contributed by atoms with Crippen LogP contribution in [0.2, 0.25) is 0 Å². The Morgan fingerprint density at radius 3 is 2.70 bits per heavy atom. The number of ether oxygens (including phenoxy) is 1. The molecule has 4 heteroatoms. The number of hydrogen-bond donors (Lipinski definition) is 0. The van der Waals surface area contributed by atoms with Crippen molar-refractivity contribution >= 4 is 29.2 Å². The van der Waals surface area contributed by atoms with E-state index >= 15 is 0 Å². The molecule has 1 aromatic heterocycles. The third kappa shape index (κ3) is 1.32. The Hall–Kier alpha value is -0.505. The summed E-state index contributed by atoms with van der Waals surface area (Å²) in [5.74, 6) is 0.856. The second-order valence-electron chi connectivity index (χ2n) is 1.97. The number of aromatic nitrogens is 1. The first kappa shape index (κ1) is 7.60. The molecule has 0 saturated carbocycles. The molecule has 0 fully saturated rings. The van der Waals surface area contributed by atoms with Crippen LogP contribution >= 0.6 is 15.9 Å². The second-order valence-corrected chi connectivity index (χ2v) is 2.83. The smallest absolute Gasteiger partial charge is 0.146 e. The van der Waals surface area contributed by atoms with Crippen LogP contribution in [0.4, 0.5) is 0 Å². The molecule has 10 heavy (non-hydrogen) atoms. The maximum atomic E-state index is 5.09. The van der Waals surface area contributed by atoms with Gasteiger partial charge in [0.05, 0.1) is 11.6 Å². The van der Waals surface area contributed by atoms with E-state index in [4.69, 9.17) is 4.74 Å². The van der Waals surface area contributed by atoms with E-state index in [0.717, 1.165) is 15.7 Å². The fourth-order valence-electron chi connectivity index (χ4n) is 0.779. The molecule has 0 unspecified atom stereocenters. The van der Waals surface area contributed by atoms with Gasteiger partial charge in [-0.05, 0) is 21.4 Å². The van der Waals surface area contributed by atoms with Crippen LogP contribution in [-0.4, -0.2) is 19.9 Å². The van der Waals surface area contributed by atoms with Gasteiger partial charge in [-0.2, -0.15) is 0 Å². The molecule has 0 radical (unpaired) electrons. The Labute approximate surface area is 69.1 Å². The molecule has 0 aliphatic carbocycles. The standard InChI is InChI=1S/C6H7BBrNO/c1-10-6-4(7)2-9-3-5(6)8/h2-3H,7H2,1H3. The largest absolute Gasteiger partial charge is 0.496 e. The average molecular weight is 200 g/mol. The molecule has 1 aromatic rings. The van der Waals surface area contributed by atoms with Gasteiger partial charge in [-0.3, -0.25) is 4.98 Å². The van der Waals surface area contributed by atoms with Crippen molar-refractivity contribution < 1.29 is 4.74 Å². The summed E-state index contributed by atoms with van der Waals surface area (Å²) in [6, 6.07) is 0. The molecule has 0 amide bonds. The summed E-state index contributed by atoms with van der Waals surface area (Å²) in [7, 11) is 3.60. The highest BCUT2D eigenvalue weighted by Crippen LogP contribution is 2.19. The van der Waals surface area contributed by atoms with Crippen LogP contribution in [0, 0.1) is 0 Å². The normalized spacial score (nSPS) is 9.40. The van der Waals surface area contributed by atoms with E-state index in [1.165, 1.54) is 0 Å². The Morgan fingerprint density at radius 1 is 1.60 bits per heavy atom. The number of pyridine rings is 1. The molecule has 0 aromatic carbocycles. The summed E-state index contributed by atoms with van der Waals surface area (Å²) in [6.07, 6.45) is 3.48. The Balaban J connectivity index is 3.17. The zero-order valence-electron chi connectivity index (χ0n) is 5.89. The van der Waals surface area contributed by atoms with Crippen molar-refractivity contribution in [2.45, 2.75) is 0 Å². The van der Waals surface area contributed by atoms with E-state index < -0.39 is 0 Å². The summed E-state index contributed by atoms with van der Waals surface area (Å²) in [5.41, 5.74) is 1.04. The first-order valence-corrected chi connectivity index (χ1v) is 3.69. The van der Waals surface area contributed by atoms with E-state index in [9.17, 15) is 0 Å². The van der Waals surface area contributed by atoms with Gasteiger partial charge >= 0.3 is 0 Å². The number of nitrogens with zero attached hydrogens (tertiary/aromatic N) is 1. The summed E-state index contributed by atoms with van der Waals surface area (Å²) < 4.78 is 5.99. The molecule has 1 heterocycles. The van der Waals surface area contributed by atoms with Crippen LogP contribution in [0.3, 0.4) is 0 Å². The summed E-state index contributed by atoms with van der Waals surface area (Å²) in [6.45, 7) is 0. The summed E-state index contributed by atoms with van der Waals surface area (Å²) in [5, 5.41) is 0. The van der Waals surface area contributed by atoms with E-state index in [2.05, 4.69) is 20.9 Å². The zero-order valence-corrected chi connectivity index (χ0v) is 7.47. The highest BCUT2D eigenvalue weighted by molar-refractivity contribution is 9.10. The van der Waals surface area contributed by atoms with Crippen molar-refractivity contribution in [3.8, 4) is 5.75 Å². The van der Waals surface area contributed by atoms with Crippen molar-refractivity contribution in [1.82, 2.24) is 4.98 Å². The molecule has 0 spiro atoms. The van der Waals surface area contributed by atoms with Gasteiger partial charge in [0.15, 0.2) is 0 Å². The quantitative estimate of drug-likeness (QED) is 0.600. The number of methoxy groups -OCH3 is 1. The molecule has 0 N–H and O–H groups in total. The third-order valence-corrected chi connectivity index (χ3v) is 1.80. The van der Waals surface area contributed by atoms with Gasteiger partial charge in [-0.1, -0.05) is 0 Å². The topological polar surface area (TPSA) is 22.1 Å². The molecule has 1 rings (SSSR count). The number of halogens is 1. The Bertz CT molecular complexity index is 221. The Morgan fingerprint density at radius 2 is 2.30 bits per heavy atom. The van der Waals surface area contributed by atoms with Crippen LogP contribution in [0.25, 0.3) is 0 Å². The fraction of sp³-hybridized carbons (Fsp3) is 0.167. The van der Waals surface area contributed by atoms with Crippen molar-refractivity contribution in [1.29, 1.82) is 0 Å². The lowest BCUT2D eigenvalue weighted by atomic mass is 9.98. The highest BCUT2D eigenvalue weighted by Gasteiger charge is 2.01. The van der Waals surface area contributed by atoms with Crippen LogP contribution in [0.15, 0.2) is 16.9 Å². The van der Waals surface area contributed by atoms with Crippen molar-refractivity contribution in [3.05, 3.63) is 16.9 Å². The minimum Gasteiger partial charge on any atom is -0.496 e. The molecule has 0 aliphatic rings. The predicted octanol–water partition coefficient (Wildman–Crippen LogP) is 0.111. The number of rotatable bonds is 1.